The monoisotopic (exact) mass is 286 g/mol. The normalized spacial score (nSPS) is 24.3. The molecule has 1 aliphatic rings. The van der Waals surface area contributed by atoms with Crippen LogP contribution in [0.2, 0.25) is 0 Å². The topological polar surface area (TPSA) is 52.0 Å². The lowest BCUT2D eigenvalue weighted by Gasteiger charge is -2.36. The molecule has 0 aliphatic carbocycles. The quantitative estimate of drug-likeness (QED) is 0.924. The van der Waals surface area contributed by atoms with Crippen LogP contribution in [0.25, 0.3) is 0 Å². The molecular weight excluding hydrogens is 260 g/mol. The highest BCUT2D eigenvalue weighted by molar-refractivity contribution is 5.43. The molecule has 21 heavy (non-hydrogen) atoms. The van der Waals surface area contributed by atoms with Crippen LogP contribution in [0.1, 0.15) is 38.4 Å². The van der Waals surface area contributed by atoms with Gasteiger partial charge in [0.25, 0.3) is 0 Å². The molecule has 1 saturated heterocycles. The van der Waals surface area contributed by atoms with Crippen LogP contribution >= 0.6 is 0 Å². The van der Waals surface area contributed by atoms with Gasteiger partial charge in [0.1, 0.15) is 17.6 Å². The Hall–Kier alpha value is -1.60. The molecule has 0 aromatic carbocycles. The predicted molar refractivity (Wildman–Crippen MR) is 86.2 cm³/mol. The molecule has 0 spiro atoms. The van der Waals surface area contributed by atoms with Crippen molar-refractivity contribution in [3.8, 4) is 6.07 Å². The fraction of sp³-hybridized carbons (Fsp3) is 0.647. The van der Waals surface area contributed by atoms with Gasteiger partial charge in [-0.2, -0.15) is 5.26 Å². The highest BCUT2D eigenvalue weighted by atomic mass is 15.2. The van der Waals surface area contributed by atoms with E-state index in [1.165, 1.54) is 19.5 Å². The summed E-state index contributed by atoms with van der Waals surface area (Å²) in [6.45, 7) is 12.1. The molecule has 3 unspecified atom stereocenters. The summed E-state index contributed by atoms with van der Waals surface area (Å²) >= 11 is 0. The van der Waals surface area contributed by atoms with Crippen LogP contribution in [-0.2, 0) is 0 Å². The maximum absolute atomic E-state index is 9.05. The van der Waals surface area contributed by atoms with E-state index in [0.717, 1.165) is 29.8 Å². The maximum Gasteiger partial charge on any atom is 0.145 e. The van der Waals surface area contributed by atoms with Crippen LogP contribution in [0.5, 0.6) is 0 Å². The first-order valence-corrected chi connectivity index (χ1v) is 7.84. The van der Waals surface area contributed by atoms with Crippen molar-refractivity contribution in [2.45, 2.75) is 40.2 Å². The standard InChI is InChI=1S/C17H26N4/c1-12-7-13(2)10-21(9-12)11-15(4)19-17-6-5-14(3)16(8-18)20-17/h5-6,12-13,15H,7,9-11H2,1-4H3,(H,19,20). The molecule has 1 aromatic heterocycles. The number of rotatable bonds is 4. The molecule has 1 N–H and O–H groups in total. The van der Waals surface area contributed by atoms with Gasteiger partial charge in [-0.05, 0) is 43.7 Å². The molecule has 2 heterocycles. The number of anilines is 1. The third-order valence-corrected chi connectivity index (χ3v) is 4.07. The number of nitrogens with one attached hydrogen (secondary N) is 1. The number of aryl methyl sites for hydroxylation is 1. The van der Waals surface area contributed by atoms with Gasteiger partial charge in [-0.1, -0.05) is 19.9 Å². The van der Waals surface area contributed by atoms with Crippen LogP contribution in [0.4, 0.5) is 5.82 Å². The van der Waals surface area contributed by atoms with Gasteiger partial charge in [0.05, 0.1) is 0 Å². The highest BCUT2D eigenvalue weighted by Gasteiger charge is 2.22. The van der Waals surface area contributed by atoms with Crippen LogP contribution < -0.4 is 5.32 Å². The van der Waals surface area contributed by atoms with E-state index in [9.17, 15) is 0 Å². The summed E-state index contributed by atoms with van der Waals surface area (Å²) in [4.78, 5) is 6.90. The third kappa shape index (κ3) is 4.44. The largest absolute Gasteiger partial charge is 0.366 e. The second-order valence-electron chi connectivity index (χ2n) is 6.68. The van der Waals surface area contributed by atoms with Crippen LogP contribution in [0.3, 0.4) is 0 Å². The van der Waals surface area contributed by atoms with E-state index in [1.807, 2.05) is 19.1 Å². The fourth-order valence-corrected chi connectivity index (χ4v) is 3.35. The summed E-state index contributed by atoms with van der Waals surface area (Å²) in [6, 6.07) is 6.37. The van der Waals surface area contributed by atoms with Crippen molar-refractivity contribution in [1.29, 1.82) is 5.26 Å². The smallest absolute Gasteiger partial charge is 0.145 e. The van der Waals surface area contributed by atoms with Gasteiger partial charge in [-0.3, -0.25) is 0 Å². The summed E-state index contributed by atoms with van der Waals surface area (Å²) in [5, 5.41) is 12.5. The van der Waals surface area contributed by atoms with E-state index in [4.69, 9.17) is 5.26 Å². The Morgan fingerprint density at radius 3 is 2.67 bits per heavy atom. The lowest BCUT2D eigenvalue weighted by Crippen LogP contribution is -2.43. The van der Waals surface area contributed by atoms with Gasteiger partial charge in [-0.15, -0.1) is 0 Å². The van der Waals surface area contributed by atoms with Crippen LogP contribution in [0, 0.1) is 30.1 Å². The molecule has 1 aromatic rings. The van der Waals surface area contributed by atoms with Crippen molar-refractivity contribution < 1.29 is 0 Å². The van der Waals surface area contributed by atoms with Crippen LogP contribution in [-0.4, -0.2) is 35.6 Å². The number of nitriles is 1. The Bertz CT molecular complexity index is 510. The minimum atomic E-state index is 0.323. The average Bonchev–Trinajstić information content (AvgIpc) is 2.39. The zero-order valence-corrected chi connectivity index (χ0v) is 13.6. The minimum absolute atomic E-state index is 0.323. The molecule has 0 saturated carbocycles. The van der Waals surface area contributed by atoms with E-state index in [-0.39, 0.29) is 0 Å². The van der Waals surface area contributed by atoms with E-state index in [1.54, 1.807) is 0 Å². The molecule has 4 nitrogen and oxygen atoms in total. The van der Waals surface area contributed by atoms with Crippen molar-refractivity contribution in [1.82, 2.24) is 9.88 Å². The molecule has 2 rings (SSSR count). The second-order valence-corrected chi connectivity index (χ2v) is 6.68. The fourth-order valence-electron chi connectivity index (χ4n) is 3.35. The Balaban J connectivity index is 1.92. The van der Waals surface area contributed by atoms with Crippen molar-refractivity contribution in [2.24, 2.45) is 11.8 Å². The van der Waals surface area contributed by atoms with E-state index in [2.05, 4.69) is 42.0 Å². The number of hydrogen-bond donors (Lipinski definition) is 1. The van der Waals surface area contributed by atoms with E-state index >= 15 is 0 Å². The molecule has 1 fully saturated rings. The summed E-state index contributed by atoms with van der Waals surface area (Å²) in [7, 11) is 0. The summed E-state index contributed by atoms with van der Waals surface area (Å²) in [5.74, 6) is 2.36. The minimum Gasteiger partial charge on any atom is -0.366 e. The maximum atomic E-state index is 9.05. The lowest BCUT2D eigenvalue weighted by atomic mass is 9.92. The molecule has 3 atom stereocenters. The van der Waals surface area contributed by atoms with E-state index in [0.29, 0.717) is 11.7 Å². The summed E-state index contributed by atoms with van der Waals surface area (Å²) in [5.41, 5.74) is 1.43. The zero-order chi connectivity index (χ0) is 15.4. The number of hydrogen-bond acceptors (Lipinski definition) is 4. The van der Waals surface area contributed by atoms with Crippen molar-refractivity contribution >= 4 is 5.82 Å². The van der Waals surface area contributed by atoms with Crippen molar-refractivity contribution in [2.75, 3.05) is 25.0 Å². The Kier molecular flexibility index (Phi) is 5.19. The molecule has 0 bridgehead atoms. The van der Waals surface area contributed by atoms with Crippen molar-refractivity contribution in [3.05, 3.63) is 23.4 Å². The first-order valence-electron chi connectivity index (χ1n) is 7.84. The first-order chi connectivity index (χ1) is 9.97. The van der Waals surface area contributed by atoms with Gasteiger partial charge < -0.3 is 10.2 Å². The Morgan fingerprint density at radius 1 is 1.38 bits per heavy atom. The SMILES string of the molecule is Cc1ccc(NC(C)CN2CC(C)CC(C)C2)nc1C#N. The predicted octanol–water partition coefficient (Wildman–Crippen LogP) is 3.04. The average molecular weight is 286 g/mol. The molecule has 114 valence electrons. The summed E-state index contributed by atoms with van der Waals surface area (Å²) < 4.78 is 0. The Morgan fingerprint density at radius 2 is 2.05 bits per heavy atom. The lowest BCUT2D eigenvalue weighted by molar-refractivity contribution is 0.138. The van der Waals surface area contributed by atoms with Gasteiger partial charge in [0.2, 0.25) is 0 Å². The molecule has 4 heteroatoms. The van der Waals surface area contributed by atoms with Crippen molar-refractivity contribution in [3.63, 3.8) is 0 Å². The zero-order valence-electron chi connectivity index (χ0n) is 13.6. The van der Waals surface area contributed by atoms with Gasteiger partial charge in [-0.25, -0.2) is 4.98 Å². The van der Waals surface area contributed by atoms with Gasteiger partial charge in [0.15, 0.2) is 0 Å². The summed E-state index contributed by atoms with van der Waals surface area (Å²) in [6.07, 6.45) is 1.34. The molecule has 0 amide bonds. The van der Waals surface area contributed by atoms with Gasteiger partial charge in [0, 0.05) is 25.7 Å². The van der Waals surface area contributed by atoms with E-state index < -0.39 is 0 Å². The number of likely N-dealkylation sites (tertiary alicyclic amines) is 1. The number of aromatic nitrogens is 1. The first kappa shape index (κ1) is 15.8. The third-order valence-electron chi connectivity index (χ3n) is 4.07. The number of nitrogens with zero attached hydrogens (tertiary/aromatic N) is 3. The second kappa shape index (κ2) is 6.91. The number of piperidine rings is 1. The molecular formula is C17H26N4. The van der Waals surface area contributed by atoms with Crippen LogP contribution in [0.15, 0.2) is 12.1 Å². The molecule has 0 radical (unpaired) electrons. The van der Waals surface area contributed by atoms with Gasteiger partial charge >= 0.3 is 0 Å². The molecule has 1 aliphatic heterocycles. The Labute approximate surface area is 128 Å². The highest BCUT2D eigenvalue weighted by Crippen LogP contribution is 2.21. The number of pyridine rings is 1.